The minimum absolute atomic E-state index is 0.0306. The van der Waals surface area contributed by atoms with Crippen LogP contribution in [0.1, 0.15) is 29.1 Å². The molecule has 0 unspecified atom stereocenters. The molecule has 66 valence electrons. The van der Waals surface area contributed by atoms with Gasteiger partial charge in [-0.1, -0.05) is 0 Å². The minimum atomic E-state index is 0.0306. The van der Waals surface area contributed by atoms with Crippen molar-refractivity contribution in [2.45, 2.75) is 26.8 Å². The van der Waals surface area contributed by atoms with Crippen LogP contribution in [0.2, 0.25) is 0 Å². The van der Waals surface area contributed by atoms with Gasteiger partial charge in [0.1, 0.15) is 0 Å². The van der Waals surface area contributed by atoms with Crippen LogP contribution in [-0.2, 0) is 0 Å². The summed E-state index contributed by atoms with van der Waals surface area (Å²) < 4.78 is 0. The fourth-order valence-electron chi connectivity index (χ4n) is 0.884. The highest BCUT2D eigenvalue weighted by Crippen LogP contribution is 2.13. The van der Waals surface area contributed by atoms with Gasteiger partial charge in [0, 0.05) is 6.04 Å². The van der Waals surface area contributed by atoms with Crippen molar-refractivity contribution in [3.05, 3.63) is 21.9 Å². The van der Waals surface area contributed by atoms with E-state index in [1.54, 1.807) is 0 Å². The molecule has 1 amide bonds. The van der Waals surface area contributed by atoms with Crippen LogP contribution in [0.3, 0.4) is 0 Å². The molecule has 1 N–H and O–H groups in total. The van der Waals surface area contributed by atoms with Crippen LogP contribution < -0.4 is 5.32 Å². The van der Waals surface area contributed by atoms with Crippen molar-refractivity contribution in [2.24, 2.45) is 0 Å². The van der Waals surface area contributed by atoms with E-state index in [0.29, 0.717) is 0 Å². The summed E-state index contributed by atoms with van der Waals surface area (Å²) >= 11 is 1.49. The Hall–Kier alpha value is -0.830. The molecular formula is C9H13NOS. The number of aryl methyl sites for hydroxylation is 1. The maximum Gasteiger partial charge on any atom is 0.261 e. The number of thiophene rings is 1. The Balaban J connectivity index is 2.65. The molecule has 2 nitrogen and oxygen atoms in total. The standard InChI is InChI=1S/C9H13NOS/c1-6(2)10-9(11)8-4-7(3)5-12-8/h4-6H,1-3H3,(H,10,11). The molecule has 0 saturated carbocycles. The molecule has 1 aromatic rings. The van der Waals surface area contributed by atoms with Gasteiger partial charge in [-0.25, -0.2) is 0 Å². The summed E-state index contributed by atoms with van der Waals surface area (Å²) in [6, 6.07) is 2.11. The number of carbonyl (C=O) groups excluding carboxylic acids is 1. The summed E-state index contributed by atoms with van der Waals surface area (Å²) in [6.45, 7) is 5.90. The predicted octanol–water partition coefficient (Wildman–Crippen LogP) is 2.19. The molecule has 12 heavy (non-hydrogen) atoms. The first kappa shape index (κ1) is 9.26. The van der Waals surface area contributed by atoms with Gasteiger partial charge in [0.15, 0.2) is 0 Å². The van der Waals surface area contributed by atoms with Crippen molar-refractivity contribution in [1.29, 1.82) is 0 Å². The number of nitrogens with one attached hydrogen (secondary N) is 1. The molecule has 3 heteroatoms. The van der Waals surface area contributed by atoms with Crippen molar-refractivity contribution in [2.75, 3.05) is 0 Å². The fraction of sp³-hybridized carbons (Fsp3) is 0.444. The number of hydrogen-bond donors (Lipinski definition) is 1. The van der Waals surface area contributed by atoms with Crippen molar-refractivity contribution < 1.29 is 4.79 Å². The largest absolute Gasteiger partial charge is 0.349 e. The molecule has 1 aromatic heterocycles. The number of amides is 1. The minimum Gasteiger partial charge on any atom is -0.349 e. The van der Waals surface area contributed by atoms with Gasteiger partial charge in [0.25, 0.3) is 5.91 Å². The molecule has 0 bridgehead atoms. The Kier molecular flexibility index (Phi) is 2.87. The Morgan fingerprint density at radius 2 is 2.25 bits per heavy atom. The van der Waals surface area contributed by atoms with E-state index in [9.17, 15) is 4.79 Å². The summed E-state index contributed by atoms with van der Waals surface area (Å²) in [5, 5.41) is 4.83. The zero-order chi connectivity index (χ0) is 9.14. The Labute approximate surface area is 76.6 Å². The van der Waals surface area contributed by atoms with Crippen molar-refractivity contribution in [1.82, 2.24) is 5.32 Å². The van der Waals surface area contributed by atoms with E-state index < -0.39 is 0 Å². The highest BCUT2D eigenvalue weighted by Gasteiger charge is 2.07. The molecule has 0 spiro atoms. The van der Waals surface area contributed by atoms with E-state index >= 15 is 0 Å². The van der Waals surface area contributed by atoms with E-state index in [2.05, 4.69) is 5.32 Å². The second-order valence-corrected chi connectivity index (χ2v) is 4.03. The van der Waals surface area contributed by atoms with Crippen molar-refractivity contribution in [3.63, 3.8) is 0 Å². The lowest BCUT2D eigenvalue weighted by molar-refractivity contribution is 0.0947. The van der Waals surface area contributed by atoms with E-state index in [4.69, 9.17) is 0 Å². The van der Waals surface area contributed by atoms with Gasteiger partial charge in [-0.05, 0) is 37.8 Å². The molecule has 0 aliphatic carbocycles. The zero-order valence-electron chi connectivity index (χ0n) is 7.55. The summed E-state index contributed by atoms with van der Waals surface area (Å²) in [4.78, 5) is 12.2. The highest BCUT2D eigenvalue weighted by atomic mass is 32.1. The van der Waals surface area contributed by atoms with Gasteiger partial charge < -0.3 is 5.32 Å². The third-order valence-electron chi connectivity index (χ3n) is 1.37. The second kappa shape index (κ2) is 3.72. The van der Waals surface area contributed by atoms with Gasteiger partial charge in [0.2, 0.25) is 0 Å². The van der Waals surface area contributed by atoms with Gasteiger partial charge >= 0.3 is 0 Å². The Bertz CT molecular complexity index is 278. The molecule has 1 rings (SSSR count). The Morgan fingerprint density at radius 1 is 1.58 bits per heavy atom. The normalized spacial score (nSPS) is 10.3. The lowest BCUT2D eigenvalue weighted by Gasteiger charge is -2.05. The Morgan fingerprint density at radius 3 is 2.67 bits per heavy atom. The quantitative estimate of drug-likeness (QED) is 0.748. The molecule has 0 aliphatic heterocycles. The van der Waals surface area contributed by atoms with Gasteiger partial charge in [-0.2, -0.15) is 0 Å². The molecule has 1 heterocycles. The van der Waals surface area contributed by atoms with E-state index in [-0.39, 0.29) is 11.9 Å². The maximum absolute atomic E-state index is 11.4. The van der Waals surface area contributed by atoms with E-state index in [1.807, 2.05) is 32.2 Å². The topological polar surface area (TPSA) is 29.1 Å². The fourth-order valence-corrected chi connectivity index (χ4v) is 1.68. The number of rotatable bonds is 2. The third kappa shape index (κ3) is 2.34. The molecular weight excluding hydrogens is 170 g/mol. The number of hydrogen-bond acceptors (Lipinski definition) is 2. The zero-order valence-corrected chi connectivity index (χ0v) is 8.37. The van der Waals surface area contributed by atoms with Crippen LogP contribution in [0.4, 0.5) is 0 Å². The van der Waals surface area contributed by atoms with Crippen LogP contribution in [0.25, 0.3) is 0 Å². The van der Waals surface area contributed by atoms with Crippen LogP contribution >= 0.6 is 11.3 Å². The van der Waals surface area contributed by atoms with Gasteiger partial charge in [-0.3, -0.25) is 4.79 Å². The average molecular weight is 183 g/mol. The molecule has 0 aromatic carbocycles. The summed E-state index contributed by atoms with van der Waals surface area (Å²) in [7, 11) is 0. The summed E-state index contributed by atoms with van der Waals surface area (Å²) in [5.41, 5.74) is 1.15. The highest BCUT2D eigenvalue weighted by molar-refractivity contribution is 7.12. The predicted molar refractivity (Wildman–Crippen MR) is 51.7 cm³/mol. The SMILES string of the molecule is Cc1csc(C(=O)NC(C)C)c1. The van der Waals surface area contributed by atoms with Crippen LogP contribution in [0, 0.1) is 6.92 Å². The second-order valence-electron chi connectivity index (χ2n) is 3.12. The molecule has 0 atom stereocenters. The average Bonchev–Trinajstić information content (AvgIpc) is 2.34. The van der Waals surface area contributed by atoms with E-state index in [0.717, 1.165) is 10.4 Å². The lowest BCUT2D eigenvalue weighted by Crippen LogP contribution is -2.29. The molecule has 0 fully saturated rings. The number of carbonyl (C=O) groups is 1. The monoisotopic (exact) mass is 183 g/mol. The first-order valence-electron chi connectivity index (χ1n) is 3.95. The molecule has 0 radical (unpaired) electrons. The van der Waals surface area contributed by atoms with Crippen LogP contribution in [0.15, 0.2) is 11.4 Å². The summed E-state index contributed by atoms with van der Waals surface area (Å²) in [6.07, 6.45) is 0. The first-order chi connectivity index (χ1) is 5.59. The molecule has 0 aliphatic rings. The third-order valence-corrected chi connectivity index (χ3v) is 2.42. The maximum atomic E-state index is 11.4. The smallest absolute Gasteiger partial charge is 0.261 e. The van der Waals surface area contributed by atoms with Crippen LogP contribution in [-0.4, -0.2) is 11.9 Å². The van der Waals surface area contributed by atoms with Crippen LogP contribution in [0.5, 0.6) is 0 Å². The first-order valence-corrected chi connectivity index (χ1v) is 4.83. The summed E-state index contributed by atoms with van der Waals surface area (Å²) in [5.74, 6) is 0.0306. The van der Waals surface area contributed by atoms with Crippen molar-refractivity contribution >= 4 is 17.2 Å². The van der Waals surface area contributed by atoms with Crippen molar-refractivity contribution in [3.8, 4) is 0 Å². The van der Waals surface area contributed by atoms with Gasteiger partial charge in [0.05, 0.1) is 4.88 Å². The lowest BCUT2D eigenvalue weighted by atomic mass is 10.3. The molecule has 0 saturated heterocycles. The van der Waals surface area contributed by atoms with E-state index in [1.165, 1.54) is 11.3 Å². The van der Waals surface area contributed by atoms with Gasteiger partial charge in [-0.15, -0.1) is 11.3 Å².